The molecule has 0 fully saturated rings. The molecule has 0 saturated carbocycles. The molecule has 0 atom stereocenters. The average molecular weight is 183 g/mol. The van der Waals surface area contributed by atoms with Gasteiger partial charge in [-0.15, -0.1) is 0 Å². The van der Waals surface area contributed by atoms with E-state index in [1.807, 2.05) is 0 Å². The van der Waals surface area contributed by atoms with Gasteiger partial charge >= 0.3 is 5.97 Å². The Balaban J connectivity index is 2.71. The van der Waals surface area contributed by atoms with Crippen LogP contribution in [0.1, 0.15) is 0 Å². The van der Waals surface area contributed by atoms with Crippen molar-refractivity contribution in [2.24, 2.45) is 0 Å². The predicted molar refractivity (Wildman–Crippen MR) is 47.3 cm³/mol. The summed E-state index contributed by atoms with van der Waals surface area (Å²) in [6.45, 7) is -0.0916. The number of hydrogen-bond donors (Lipinski definition) is 1. The fourth-order valence-electron chi connectivity index (χ4n) is 0.990. The molecule has 0 spiro atoms. The highest BCUT2D eigenvalue weighted by Gasteiger charge is 2.04. The number of hydrogen-bond acceptors (Lipinski definition) is 2. The summed E-state index contributed by atoms with van der Waals surface area (Å²) in [5.41, 5.74) is 0.684. The van der Waals surface area contributed by atoms with Crippen molar-refractivity contribution in [1.29, 1.82) is 0 Å². The minimum absolute atomic E-state index is 0.0916. The van der Waals surface area contributed by atoms with Crippen molar-refractivity contribution in [3.8, 4) is 0 Å². The van der Waals surface area contributed by atoms with Crippen molar-refractivity contribution < 1.29 is 14.3 Å². The van der Waals surface area contributed by atoms with Crippen molar-refractivity contribution >= 4 is 11.7 Å². The number of aliphatic carboxylic acids is 1. The molecule has 1 N–H and O–H groups in total. The van der Waals surface area contributed by atoms with Gasteiger partial charge in [0, 0.05) is 12.7 Å². The molecule has 0 aromatic heterocycles. The van der Waals surface area contributed by atoms with E-state index < -0.39 is 5.97 Å². The van der Waals surface area contributed by atoms with Gasteiger partial charge in [-0.25, -0.2) is 4.39 Å². The lowest BCUT2D eigenvalue weighted by atomic mass is 10.3. The summed E-state index contributed by atoms with van der Waals surface area (Å²) in [6.07, 6.45) is 0. The first kappa shape index (κ1) is 9.51. The average Bonchev–Trinajstić information content (AvgIpc) is 2.04. The van der Waals surface area contributed by atoms with Gasteiger partial charge in [0.15, 0.2) is 0 Å². The van der Waals surface area contributed by atoms with Gasteiger partial charge in [0.1, 0.15) is 12.4 Å². The van der Waals surface area contributed by atoms with Crippen molar-refractivity contribution in [1.82, 2.24) is 0 Å². The Labute approximate surface area is 75.4 Å². The third kappa shape index (κ3) is 2.74. The van der Waals surface area contributed by atoms with Crippen LogP contribution >= 0.6 is 0 Å². The molecule has 0 unspecified atom stereocenters. The normalized spacial score (nSPS) is 9.69. The zero-order valence-corrected chi connectivity index (χ0v) is 7.20. The van der Waals surface area contributed by atoms with E-state index in [-0.39, 0.29) is 12.4 Å². The van der Waals surface area contributed by atoms with Crippen LogP contribution in [0.3, 0.4) is 0 Å². The molecule has 1 aromatic rings. The Kier molecular flexibility index (Phi) is 2.84. The van der Waals surface area contributed by atoms with Crippen LogP contribution in [0.25, 0.3) is 0 Å². The monoisotopic (exact) mass is 183 g/mol. The zero-order valence-electron chi connectivity index (χ0n) is 7.20. The number of carbonyl (C=O) groups is 1. The molecule has 0 saturated heterocycles. The third-order valence-corrected chi connectivity index (χ3v) is 1.64. The quantitative estimate of drug-likeness (QED) is 0.768. The third-order valence-electron chi connectivity index (χ3n) is 1.64. The highest BCUT2D eigenvalue weighted by molar-refractivity contribution is 5.73. The number of halogens is 1. The van der Waals surface area contributed by atoms with E-state index in [0.717, 1.165) is 0 Å². The number of nitrogens with zero attached hydrogens (tertiary/aromatic N) is 1. The molecule has 0 radical (unpaired) electrons. The minimum Gasteiger partial charge on any atom is -0.480 e. The van der Waals surface area contributed by atoms with Crippen molar-refractivity contribution in [2.45, 2.75) is 0 Å². The summed E-state index contributed by atoms with van der Waals surface area (Å²) in [4.78, 5) is 11.9. The standard InChI is InChI=1S/C9H10FNO2/c1-11(6-9(12)13)8-4-2-7(10)3-5-8/h2-5H,6H2,1H3,(H,12,13). The number of carboxylic acids is 1. The van der Waals surface area contributed by atoms with Crippen LogP contribution < -0.4 is 4.90 Å². The van der Waals surface area contributed by atoms with E-state index >= 15 is 0 Å². The molecular formula is C9H10FNO2. The number of anilines is 1. The fraction of sp³-hybridized carbons (Fsp3) is 0.222. The van der Waals surface area contributed by atoms with Crippen LogP contribution in [0, 0.1) is 5.82 Å². The van der Waals surface area contributed by atoms with Gasteiger partial charge in [0.25, 0.3) is 0 Å². The first-order valence-electron chi connectivity index (χ1n) is 3.78. The van der Waals surface area contributed by atoms with Gasteiger partial charge in [-0.3, -0.25) is 4.79 Å². The Bertz CT molecular complexity index is 297. The van der Waals surface area contributed by atoms with Gasteiger partial charge < -0.3 is 10.0 Å². The second kappa shape index (κ2) is 3.89. The van der Waals surface area contributed by atoms with Gasteiger partial charge in [0.2, 0.25) is 0 Å². The second-order valence-electron chi connectivity index (χ2n) is 2.73. The molecule has 3 nitrogen and oxygen atoms in total. The fourth-order valence-corrected chi connectivity index (χ4v) is 0.990. The molecule has 13 heavy (non-hydrogen) atoms. The zero-order chi connectivity index (χ0) is 9.84. The molecule has 70 valence electrons. The lowest BCUT2D eigenvalue weighted by Gasteiger charge is -2.15. The van der Waals surface area contributed by atoms with Crippen LogP contribution in [0.4, 0.5) is 10.1 Å². The molecule has 1 rings (SSSR count). The van der Waals surface area contributed by atoms with E-state index in [1.54, 1.807) is 7.05 Å². The van der Waals surface area contributed by atoms with E-state index in [1.165, 1.54) is 29.2 Å². The minimum atomic E-state index is -0.910. The summed E-state index contributed by atoms with van der Waals surface area (Å²) in [6, 6.07) is 5.68. The van der Waals surface area contributed by atoms with Crippen LogP contribution in [0.2, 0.25) is 0 Å². The van der Waals surface area contributed by atoms with E-state index in [9.17, 15) is 9.18 Å². The molecule has 0 aliphatic rings. The van der Waals surface area contributed by atoms with E-state index in [0.29, 0.717) is 5.69 Å². The van der Waals surface area contributed by atoms with E-state index in [4.69, 9.17) is 5.11 Å². The summed E-state index contributed by atoms with van der Waals surface area (Å²) in [5, 5.41) is 8.48. The number of benzene rings is 1. The Morgan fingerprint density at radius 2 is 2.00 bits per heavy atom. The maximum absolute atomic E-state index is 12.5. The van der Waals surface area contributed by atoms with Crippen LogP contribution in [0.5, 0.6) is 0 Å². The molecule has 4 heteroatoms. The van der Waals surface area contributed by atoms with E-state index in [2.05, 4.69) is 0 Å². The van der Waals surface area contributed by atoms with Crippen molar-refractivity contribution in [3.05, 3.63) is 30.1 Å². The van der Waals surface area contributed by atoms with Crippen LogP contribution in [-0.2, 0) is 4.79 Å². The topological polar surface area (TPSA) is 40.5 Å². The largest absolute Gasteiger partial charge is 0.480 e. The number of likely N-dealkylation sites (N-methyl/N-ethyl adjacent to an activating group) is 1. The van der Waals surface area contributed by atoms with Crippen molar-refractivity contribution in [2.75, 3.05) is 18.5 Å². The Morgan fingerprint density at radius 3 is 2.46 bits per heavy atom. The molecule has 1 aromatic carbocycles. The van der Waals surface area contributed by atoms with Crippen molar-refractivity contribution in [3.63, 3.8) is 0 Å². The molecular weight excluding hydrogens is 173 g/mol. The second-order valence-corrected chi connectivity index (χ2v) is 2.73. The van der Waals surface area contributed by atoms with Gasteiger partial charge in [-0.1, -0.05) is 0 Å². The first-order valence-corrected chi connectivity index (χ1v) is 3.78. The maximum Gasteiger partial charge on any atom is 0.323 e. The van der Waals surface area contributed by atoms with Gasteiger partial charge in [-0.2, -0.15) is 0 Å². The highest BCUT2D eigenvalue weighted by atomic mass is 19.1. The summed E-state index contributed by atoms with van der Waals surface area (Å²) in [7, 11) is 1.64. The lowest BCUT2D eigenvalue weighted by molar-refractivity contribution is -0.135. The SMILES string of the molecule is CN(CC(=O)O)c1ccc(F)cc1. The predicted octanol–water partition coefficient (Wildman–Crippen LogP) is 1.35. The van der Waals surface area contributed by atoms with Gasteiger partial charge in [0.05, 0.1) is 0 Å². The first-order chi connectivity index (χ1) is 6.09. The molecule has 0 heterocycles. The molecule has 0 amide bonds. The van der Waals surface area contributed by atoms with Gasteiger partial charge in [-0.05, 0) is 24.3 Å². The molecule has 0 aliphatic carbocycles. The molecule has 0 aliphatic heterocycles. The Morgan fingerprint density at radius 1 is 1.46 bits per heavy atom. The maximum atomic E-state index is 12.5. The summed E-state index contributed by atoms with van der Waals surface area (Å²) >= 11 is 0. The smallest absolute Gasteiger partial charge is 0.323 e. The van der Waals surface area contributed by atoms with Crippen LogP contribution in [0.15, 0.2) is 24.3 Å². The van der Waals surface area contributed by atoms with Crippen LogP contribution in [-0.4, -0.2) is 24.7 Å². The number of rotatable bonds is 3. The summed E-state index contributed by atoms with van der Waals surface area (Å²) in [5.74, 6) is -1.24. The highest BCUT2D eigenvalue weighted by Crippen LogP contribution is 2.12. The number of carboxylic acid groups (broad SMARTS) is 1. The summed E-state index contributed by atoms with van der Waals surface area (Å²) < 4.78 is 12.5. The Hall–Kier alpha value is -1.58. The molecule has 0 bridgehead atoms. The lowest BCUT2D eigenvalue weighted by Crippen LogP contribution is -2.24.